The Morgan fingerprint density at radius 2 is 1.63 bits per heavy atom. The summed E-state index contributed by atoms with van der Waals surface area (Å²) < 4.78 is 28.0. The molecule has 0 saturated heterocycles. The second-order valence-electron chi connectivity index (χ2n) is 4.37. The molecular formula is C15H11BrF2O. The van der Waals surface area contributed by atoms with Crippen molar-refractivity contribution >= 4 is 21.7 Å². The van der Waals surface area contributed by atoms with E-state index in [9.17, 15) is 13.6 Å². The molecule has 0 bridgehead atoms. The predicted molar refractivity (Wildman–Crippen MR) is 73.4 cm³/mol. The molecule has 19 heavy (non-hydrogen) atoms. The number of ketones is 1. The van der Waals surface area contributed by atoms with Gasteiger partial charge in [-0.2, -0.15) is 0 Å². The Morgan fingerprint density at radius 1 is 0.947 bits per heavy atom. The SMILES string of the molecule is Cc1cc(F)c(C(=O)c2cc(Br)ccc2C)cc1F. The van der Waals surface area contributed by atoms with E-state index >= 15 is 0 Å². The minimum atomic E-state index is -0.705. The molecule has 0 aromatic heterocycles. The zero-order valence-electron chi connectivity index (χ0n) is 10.4. The molecule has 98 valence electrons. The molecule has 0 N–H and O–H groups in total. The van der Waals surface area contributed by atoms with Gasteiger partial charge < -0.3 is 0 Å². The highest BCUT2D eigenvalue weighted by molar-refractivity contribution is 9.10. The molecule has 0 amide bonds. The molecule has 0 unspecified atom stereocenters. The number of hydrogen-bond donors (Lipinski definition) is 0. The van der Waals surface area contributed by atoms with E-state index in [0.717, 1.165) is 16.6 Å². The molecule has 2 aromatic carbocycles. The van der Waals surface area contributed by atoms with Crippen LogP contribution in [-0.4, -0.2) is 5.78 Å². The van der Waals surface area contributed by atoms with Crippen molar-refractivity contribution in [3.05, 3.63) is 68.7 Å². The third-order valence-electron chi connectivity index (χ3n) is 2.94. The fourth-order valence-corrected chi connectivity index (χ4v) is 2.17. The standard InChI is InChI=1S/C15H11BrF2O/c1-8-3-4-10(16)6-11(8)15(19)12-7-13(17)9(2)5-14(12)18/h3-7H,1-2H3. The Morgan fingerprint density at radius 3 is 2.32 bits per heavy atom. The molecule has 0 atom stereocenters. The molecule has 0 aliphatic carbocycles. The van der Waals surface area contributed by atoms with Gasteiger partial charge >= 0.3 is 0 Å². The number of hydrogen-bond acceptors (Lipinski definition) is 1. The van der Waals surface area contributed by atoms with Crippen LogP contribution in [0.25, 0.3) is 0 Å². The van der Waals surface area contributed by atoms with E-state index in [1.165, 1.54) is 6.92 Å². The van der Waals surface area contributed by atoms with Crippen LogP contribution in [0.15, 0.2) is 34.8 Å². The number of rotatable bonds is 2. The van der Waals surface area contributed by atoms with Crippen LogP contribution in [-0.2, 0) is 0 Å². The molecule has 0 heterocycles. The van der Waals surface area contributed by atoms with E-state index < -0.39 is 17.4 Å². The van der Waals surface area contributed by atoms with Gasteiger partial charge in [0.15, 0.2) is 5.78 Å². The number of aryl methyl sites for hydroxylation is 2. The Hall–Kier alpha value is -1.55. The van der Waals surface area contributed by atoms with Crippen LogP contribution in [0.4, 0.5) is 8.78 Å². The van der Waals surface area contributed by atoms with E-state index in [0.29, 0.717) is 11.1 Å². The molecular weight excluding hydrogens is 314 g/mol. The zero-order valence-corrected chi connectivity index (χ0v) is 12.0. The van der Waals surface area contributed by atoms with Crippen molar-refractivity contribution in [2.24, 2.45) is 0 Å². The first-order chi connectivity index (χ1) is 8.90. The molecule has 0 aliphatic rings. The molecule has 2 rings (SSSR count). The highest BCUT2D eigenvalue weighted by Gasteiger charge is 2.18. The lowest BCUT2D eigenvalue weighted by atomic mass is 9.98. The second-order valence-corrected chi connectivity index (χ2v) is 5.29. The minimum absolute atomic E-state index is 0.181. The zero-order chi connectivity index (χ0) is 14.2. The van der Waals surface area contributed by atoms with Gasteiger partial charge in [0.25, 0.3) is 0 Å². The number of carbonyl (C=O) groups excluding carboxylic acids is 1. The van der Waals surface area contributed by atoms with E-state index in [1.807, 2.05) is 0 Å². The summed E-state index contributed by atoms with van der Waals surface area (Å²) in [7, 11) is 0. The second kappa shape index (κ2) is 5.21. The van der Waals surface area contributed by atoms with Crippen molar-refractivity contribution in [1.82, 2.24) is 0 Å². The van der Waals surface area contributed by atoms with Crippen LogP contribution < -0.4 is 0 Å². The molecule has 0 saturated carbocycles. The fraction of sp³-hybridized carbons (Fsp3) is 0.133. The largest absolute Gasteiger partial charge is 0.288 e. The molecule has 0 fully saturated rings. The Kier molecular flexibility index (Phi) is 3.80. The molecule has 0 radical (unpaired) electrons. The van der Waals surface area contributed by atoms with Gasteiger partial charge in [0.05, 0.1) is 5.56 Å². The molecule has 4 heteroatoms. The van der Waals surface area contributed by atoms with Crippen LogP contribution in [0.5, 0.6) is 0 Å². The molecule has 2 aromatic rings. The molecule has 0 spiro atoms. The summed E-state index contributed by atoms with van der Waals surface area (Å²) in [6.45, 7) is 3.21. The van der Waals surface area contributed by atoms with Gasteiger partial charge in [-0.05, 0) is 49.2 Å². The maximum Gasteiger partial charge on any atom is 0.196 e. The summed E-state index contributed by atoms with van der Waals surface area (Å²) in [6, 6.07) is 7.13. The fourth-order valence-electron chi connectivity index (χ4n) is 1.80. The van der Waals surface area contributed by atoms with Crippen molar-refractivity contribution in [3.8, 4) is 0 Å². The lowest BCUT2D eigenvalue weighted by Crippen LogP contribution is -2.07. The monoisotopic (exact) mass is 324 g/mol. The van der Waals surface area contributed by atoms with Gasteiger partial charge in [0, 0.05) is 10.0 Å². The van der Waals surface area contributed by atoms with Gasteiger partial charge in [-0.1, -0.05) is 22.0 Å². The maximum absolute atomic E-state index is 13.8. The van der Waals surface area contributed by atoms with Gasteiger partial charge in [-0.15, -0.1) is 0 Å². The first-order valence-corrected chi connectivity index (χ1v) is 6.46. The van der Waals surface area contributed by atoms with Gasteiger partial charge in [0.1, 0.15) is 11.6 Å². The topological polar surface area (TPSA) is 17.1 Å². The Labute approximate surface area is 118 Å². The Bertz CT molecular complexity index is 665. The highest BCUT2D eigenvalue weighted by Crippen LogP contribution is 2.22. The van der Waals surface area contributed by atoms with Crippen LogP contribution in [0, 0.1) is 25.5 Å². The van der Waals surface area contributed by atoms with Crippen molar-refractivity contribution in [2.45, 2.75) is 13.8 Å². The highest BCUT2D eigenvalue weighted by atomic mass is 79.9. The number of carbonyl (C=O) groups is 1. The summed E-state index contributed by atoms with van der Waals surface area (Å²) in [5.41, 5.74) is 1.01. The van der Waals surface area contributed by atoms with Crippen LogP contribution in [0.1, 0.15) is 27.0 Å². The normalized spacial score (nSPS) is 10.6. The average molecular weight is 325 g/mol. The number of benzene rings is 2. The van der Waals surface area contributed by atoms with Gasteiger partial charge in [-0.25, -0.2) is 8.78 Å². The minimum Gasteiger partial charge on any atom is -0.288 e. The van der Waals surface area contributed by atoms with Crippen molar-refractivity contribution in [3.63, 3.8) is 0 Å². The maximum atomic E-state index is 13.8. The van der Waals surface area contributed by atoms with Crippen molar-refractivity contribution < 1.29 is 13.6 Å². The quantitative estimate of drug-likeness (QED) is 0.739. The van der Waals surface area contributed by atoms with Crippen molar-refractivity contribution in [2.75, 3.05) is 0 Å². The van der Waals surface area contributed by atoms with Gasteiger partial charge in [-0.3, -0.25) is 4.79 Å². The third-order valence-corrected chi connectivity index (χ3v) is 3.43. The van der Waals surface area contributed by atoms with Gasteiger partial charge in [0.2, 0.25) is 0 Å². The van der Waals surface area contributed by atoms with E-state index in [-0.39, 0.29) is 11.1 Å². The summed E-state index contributed by atoms with van der Waals surface area (Å²) in [4.78, 5) is 12.3. The number of halogens is 3. The Balaban J connectivity index is 2.56. The van der Waals surface area contributed by atoms with Crippen LogP contribution >= 0.6 is 15.9 Å². The van der Waals surface area contributed by atoms with E-state index in [1.54, 1.807) is 25.1 Å². The van der Waals surface area contributed by atoms with E-state index in [2.05, 4.69) is 15.9 Å². The lowest BCUT2D eigenvalue weighted by Gasteiger charge is -2.08. The third kappa shape index (κ3) is 2.73. The summed E-state index contributed by atoms with van der Waals surface area (Å²) in [6.07, 6.45) is 0. The molecule has 1 nitrogen and oxygen atoms in total. The predicted octanol–water partition coefficient (Wildman–Crippen LogP) is 4.58. The first kappa shape index (κ1) is 13.9. The summed E-state index contributed by atoms with van der Waals surface area (Å²) in [5.74, 6) is -1.81. The lowest BCUT2D eigenvalue weighted by molar-refractivity contribution is 0.103. The van der Waals surface area contributed by atoms with Crippen LogP contribution in [0.2, 0.25) is 0 Å². The smallest absolute Gasteiger partial charge is 0.196 e. The average Bonchev–Trinajstić information content (AvgIpc) is 2.36. The summed E-state index contributed by atoms with van der Waals surface area (Å²) in [5, 5.41) is 0. The summed E-state index contributed by atoms with van der Waals surface area (Å²) >= 11 is 3.26. The van der Waals surface area contributed by atoms with E-state index in [4.69, 9.17) is 0 Å². The van der Waals surface area contributed by atoms with Crippen LogP contribution in [0.3, 0.4) is 0 Å². The first-order valence-electron chi connectivity index (χ1n) is 5.66. The van der Waals surface area contributed by atoms with Crippen molar-refractivity contribution in [1.29, 1.82) is 0 Å². The molecule has 0 aliphatic heterocycles.